The van der Waals surface area contributed by atoms with Gasteiger partial charge < -0.3 is 9.64 Å². The van der Waals surface area contributed by atoms with E-state index in [1.807, 2.05) is 56.9 Å². The largest absolute Gasteiger partial charge is 0.489 e. The molecule has 126 valence electrons. The zero-order valence-corrected chi connectivity index (χ0v) is 14.6. The second-order valence-electron chi connectivity index (χ2n) is 6.59. The lowest BCUT2D eigenvalue weighted by Crippen LogP contribution is -2.36. The molecule has 0 spiro atoms. The fourth-order valence-electron chi connectivity index (χ4n) is 3.00. The number of aromatic nitrogens is 2. The number of hydrogen-bond acceptors (Lipinski definition) is 4. The molecule has 0 fully saturated rings. The summed E-state index contributed by atoms with van der Waals surface area (Å²) in [5.41, 5.74) is 2.41. The average Bonchev–Trinajstić information content (AvgIpc) is 2.72. The minimum absolute atomic E-state index is 0.0362. The second kappa shape index (κ2) is 6.59. The van der Waals surface area contributed by atoms with Gasteiger partial charge in [-0.2, -0.15) is 0 Å². The van der Waals surface area contributed by atoms with E-state index in [0.717, 1.165) is 17.0 Å². The SMILES string of the molecule is Cc1ncc(C(=O)N2Cc3ccccc3OC(C)C2)c(C(C)C)n1. The standard InChI is InChI=1S/C19H23N3O2/c1-12(2)18-16(9-20-14(4)21-18)19(23)22-10-13(3)24-17-8-6-5-7-15(17)11-22/h5-9,12-13H,10-11H2,1-4H3. The summed E-state index contributed by atoms with van der Waals surface area (Å²) in [6.07, 6.45) is 1.59. The van der Waals surface area contributed by atoms with Crippen molar-refractivity contribution in [2.24, 2.45) is 0 Å². The van der Waals surface area contributed by atoms with Crippen LogP contribution in [-0.4, -0.2) is 33.4 Å². The van der Waals surface area contributed by atoms with Gasteiger partial charge in [-0.3, -0.25) is 4.79 Å². The van der Waals surface area contributed by atoms with Crippen LogP contribution in [0.2, 0.25) is 0 Å². The molecule has 1 atom stereocenters. The van der Waals surface area contributed by atoms with Crippen LogP contribution < -0.4 is 4.74 Å². The quantitative estimate of drug-likeness (QED) is 0.850. The van der Waals surface area contributed by atoms with Gasteiger partial charge in [0.05, 0.1) is 17.8 Å². The number of aryl methyl sites for hydroxylation is 1. The smallest absolute Gasteiger partial charge is 0.257 e. The summed E-state index contributed by atoms with van der Waals surface area (Å²) in [6.45, 7) is 8.99. The van der Waals surface area contributed by atoms with Crippen LogP contribution in [0.4, 0.5) is 0 Å². The third-order valence-corrected chi connectivity index (χ3v) is 4.14. The van der Waals surface area contributed by atoms with Crippen molar-refractivity contribution < 1.29 is 9.53 Å². The summed E-state index contributed by atoms with van der Waals surface area (Å²) in [5.74, 6) is 1.67. The third-order valence-electron chi connectivity index (χ3n) is 4.14. The molecule has 0 saturated heterocycles. The van der Waals surface area contributed by atoms with Crippen LogP contribution in [0.1, 0.15) is 54.1 Å². The summed E-state index contributed by atoms with van der Waals surface area (Å²) < 4.78 is 5.94. The monoisotopic (exact) mass is 325 g/mol. The average molecular weight is 325 g/mol. The summed E-state index contributed by atoms with van der Waals surface area (Å²) in [6, 6.07) is 7.88. The Morgan fingerprint density at radius 3 is 2.83 bits per heavy atom. The van der Waals surface area contributed by atoms with Gasteiger partial charge in [0.1, 0.15) is 17.7 Å². The van der Waals surface area contributed by atoms with Crippen LogP contribution >= 0.6 is 0 Å². The van der Waals surface area contributed by atoms with Gasteiger partial charge in [-0.05, 0) is 25.8 Å². The number of nitrogens with zero attached hydrogens (tertiary/aromatic N) is 3. The molecule has 0 aliphatic carbocycles. The van der Waals surface area contributed by atoms with E-state index in [0.29, 0.717) is 24.5 Å². The molecule has 24 heavy (non-hydrogen) atoms. The van der Waals surface area contributed by atoms with Crippen LogP contribution in [0.25, 0.3) is 0 Å². The van der Waals surface area contributed by atoms with Crippen LogP contribution in [0.15, 0.2) is 30.5 Å². The number of carbonyl (C=O) groups excluding carboxylic acids is 1. The minimum Gasteiger partial charge on any atom is -0.489 e. The van der Waals surface area contributed by atoms with E-state index >= 15 is 0 Å². The lowest BCUT2D eigenvalue weighted by atomic mass is 10.0. The van der Waals surface area contributed by atoms with Crippen LogP contribution in [0, 0.1) is 6.92 Å². The molecular weight excluding hydrogens is 302 g/mol. The fraction of sp³-hybridized carbons (Fsp3) is 0.421. The molecule has 1 amide bonds. The normalized spacial score (nSPS) is 17.2. The maximum absolute atomic E-state index is 13.1. The Kier molecular flexibility index (Phi) is 4.51. The van der Waals surface area contributed by atoms with E-state index in [9.17, 15) is 4.79 Å². The highest BCUT2D eigenvalue weighted by atomic mass is 16.5. The Labute approximate surface area is 142 Å². The molecule has 1 aliphatic rings. The van der Waals surface area contributed by atoms with E-state index < -0.39 is 0 Å². The molecule has 5 heteroatoms. The molecule has 0 radical (unpaired) electrons. The predicted octanol–water partition coefficient (Wildman–Crippen LogP) is 3.33. The molecule has 3 rings (SSSR count). The second-order valence-corrected chi connectivity index (χ2v) is 6.59. The Balaban J connectivity index is 1.96. The maximum Gasteiger partial charge on any atom is 0.257 e. The van der Waals surface area contributed by atoms with Gasteiger partial charge in [0.2, 0.25) is 0 Å². The van der Waals surface area contributed by atoms with Gasteiger partial charge in [0, 0.05) is 18.3 Å². The van der Waals surface area contributed by atoms with Crippen LogP contribution in [0.3, 0.4) is 0 Å². The first-order valence-electron chi connectivity index (χ1n) is 8.33. The van der Waals surface area contributed by atoms with E-state index in [2.05, 4.69) is 9.97 Å². The first-order chi connectivity index (χ1) is 11.5. The maximum atomic E-state index is 13.1. The Morgan fingerprint density at radius 1 is 1.33 bits per heavy atom. The van der Waals surface area contributed by atoms with E-state index in [4.69, 9.17) is 4.74 Å². The molecular formula is C19H23N3O2. The van der Waals surface area contributed by atoms with Crippen molar-refractivity contribution in [3.05, 3.63) is 53.1 Å². The third kappa shape index (κ3) is 3.25. The van der Waals surface area contributed by atoms with Gasteiger partial charge in [0.15, 0.2) is 0 Å². The molecule has 1 aliphatic heterocycles. The molecule has 2 heterocycles. The van der Waals surface area contributed by atoms with E-state index in [-0.39, 0.29) is 17.9 Å². The number of rotatable bonds is 2. The van der Waals surface area contributed by atoms with Crippen molar-refractivity contribution in [3.8, 4) is 5.75 Å². The van der Waals surface area contributed by atoms with Crippen LogP contribution in [-0.2, 0) is 6.54 Å². The summed E-state index contributed by atoms with van der Waals surface area (Å²) in [4.78, 5) is 23.7. The first-order valence-corrected chi connectivity index (χ1v) is 8.33. The molecule has 0 bridgehead atoms. The predicted molar refractivity (Wildman–Crippen MR) is 92.1 cm³/mol. The molecule has 0 N–H and O–H groups in total. The number of para-hydroxylation sites is 1. The number of fused-ring (bicyclic) bond motifs is 1. The highest BCUT2D eigenvalue weighted by Crippen LogP contribution is 2.26. The highest BCUT2D eigenvalue weighted by molar-refractivity contribution is 5.95. The van der Waals surface area contributed by atoms with Crippen molar-refractivity contribution in [2.75, 3.05) is 6.54 Å². The number of amides is 1. The molecule has 2 aromatic rings. The fourth-order valence-corrected chi connectivity index (χ4v) is 3.00. The van der Waals surface area contributed by atoms with E-state index in [1.165, 1.54) is 0 Å². The first kappa shape index (κ1) is 16.4. The number of carbonyl (C=O) groups is 1. The van der Waals surface area contributed by atoms with Gasteiger partial charge in [0.25, 0.3) is 5.91 Å². The van der Waals surface area contributed by atoms with Gasteiger partial charge >= 0.3 is 0 Å². The molecule has 1 aromatic heterocycles. The Morgan fingerprint density at radius 2 is 2.08 bits per heavy atom. The van der Waals surface area contributed by atoms with Gasteiger partial charge in [-0.25, -0.2) is 9.97 Å². The number of ether oxygens (including phenoxy) is 1. The Hall–Kier alpha value is -2.43. The van der Waals surface area contributed by atoms with Gasteiger partial charge in [-0.15, -0.1) is 0 Å². The Bertz CT molecular complexity index is 758. The lowest BCUT2D eigenvalue weighted by Gasteiger charge is -2.23. The van der Waals surface area contributed by atoms with Gasteiger partial charge in [-0.1, -0.05) is 32.0 Å². The van der Waals surface area contributed by atoms with Crippen molar-refractivity contribution in [3.63, 3.8) is 0 Å². The molecule has 1 aromatic carbocycles. The zero-order chi connectivity index (χ0) is 17.3. The van der Waals surface area contributed by atoms with E-state index in [1.54, 1.807) is 6.20 Å². The van der Waals surface area contributed by atoms with Crippen molar-refractivity contribution in [1.29, 1.82) is 0 Å². The topological polar surface area (TPSA) is 55.3 Å². The van der Waals surface area contributed by atoms with Crippen molar-refractivity contribution >= 4 is 5.91 Å². The zero-order valence-electron chi connectivity index (χ0n) is 14.6. The van der Waals surface area contributed by atoms with Crippen molar-refractivity contribution in [1.82, 2.24) is 14.9 Å². The highest BCUT2D eigenvalue weighted by Gasteiger charge is 2.27. The number of hydrogen-bond donors (Lipinski definition) is 0. The molecule has 0 saturated carbocycles. The summed E-state index contributed by atoms with van der Waals surface area (Å²) >= 11 is 0. The minimum atomic E-state index is -0.0635. The summed E-state index contributed by atoms with van der Waals surface area (Å²) in [5, 5.41) is 0. The lowest BCUT2D eigenvalue weighted by molar-refractivity contribution is 0.0688. The molecule has 5 nitrogen and oxygen atoms in total. The van der Waals surface area contributed by atoms with Crippen LogP contribution in [0.5, 0.6) is 5.75 Å². The van der Waals surface area contributed by atoms with Crippen molar-refractivity contribution in [2.45, 2.75) is 46.3 Å². The summed E-state index contributed by atoms with van der Waals surface area (Å²) in [7, 11) is 0. The molecule has 1 unspecified atom stereocenters. The number of benzene rings is 1.